The molecule has 0 aliphatic carbocycles. The molecule has 37 heavy (non-hydrogen) atoms. The van der Waals surface area contributed by atoms with Crippen molar-refractivity contribution in [2.75, 3.05) is 5.32 Å². The smallest absolute Gasteiger partial charge is 0.256 e. The second-order valence-corrected chi connectivity index (χ2v) is 8.95. The van der Waals surface area contributed by atoms with Crippen LogP contribution < -0.4 is 5.32 Å². The number of pyridine rings is 2. The molecule has 0 radical (unpaired) electrons. The number of benzene rings is 2. The highest BCUT2D eigenvalue weighted by Crippen LogP contribution is 2.28. The van der Waals surface area contributed by atoms with Crippen molar-refractivity contribution in [3.63, 3.8) is 0 Å². The van der Waals surface area contributed by atoms with E-state index in [4.69, 9.17) is 11.6 Å². The molecule has 4 aromatic rings. The van der Waals surface area contributed by atoms with E-state index in [0.717, 1.165) is 5.56 Å². The lowest BCUT2D eigenvalue weighted by atomic mass is 10.0. The fraction of sp³-hybridized carbons (Fsp3) is 0.107. The van der Waals surface area contributed by atoms with Crippen molar-refractivity contribution in [1.29, 1.82) is 0 Å². The Morgan fingerprint density at radius 1 is 0.973 bits per heavy atom. The largest absolute Gasteiger partial charge is 0.410 e. The van der Waals surface area contributed by atoms with Gasteiger partial charge in [0.05, 0.1) is 16.9 Å². The lowest BCUT2D eigenvalue weighted by molar-refractivity contribution is -0.120. The monoisotopic (exact) mass is 511 g/mol. The minimum atomic E-state index is -0.795. The molecule has 1 aliphatic rings. The summed E-state index contributed by atoms with van der Waals surface area (Å²) in [6.07, 6.45) is 3.53. The molecule has 2 amide bonds. The third kappa shape index (κ3) is 5.19. The van der Waals surface area contributed by atoms with Gasteiger partial charge < -0.3 is 15.4 Å². The molecule has 0 fully saturated rings. The van der Waals surface area contributed by atoms with Crippen molar-refractivity contribution in [2.45, 2.75) is 19.0 Å². The van der Waals surface area contributed by atoms with Gasteiger partial charge in [0, 0.05) is 41.6 Å². The number of oxime groups is 1. The predicted octanol–water partition coefficient (Wildman–Crippen LogP) is 4.56. The minimum absolute atomic E-state index is 0.182. The maximum absolute atomic E-state index is 13.7. The molecule has 2 aromatic heterocycles. The molecule has 1 atom stereocenters. The summed E-state index contributed by atoms with van der Waals surface area (Å²) in [5.74, 6) is -0.609. The number of carbonyl (C=O) groups excluding carboxylic acids is 2. The van der Waals surface area contributed by atoms with Crippen molar-refractivity contribution in [3.05, 3.63) is 124 Å². The van der Waals surface area contributed by atoms with Crippen LogP contribution in [0.2, 0.25) is 5.02 Å². The maximum Gasteiger partial charge on any atom is 0.256 e. The van der Waals surface area contributed by atoms with E-state index in [-0.39, 0.29) is 24.8 Å². The van der Waals surface area contributed by atoms with E-state index in [1.807, 2.05) is 30.3 Å². The van der Waals surface area contributed by atoms with E-state index in [1.165, 1.54) is 0 Å². The molecular formula is C28H22ClN5O3. The van der Waals surface area contributed by atoms with E-state index >= 15 is 0 Å². The van der Waals surface area contributed by atoms with Crippen LogP contribution >= 0.6 is 11.6 Å². The van der Waals surface area contributed by atoms with Crippen LogP contribution in [0.3, 0.4) is 0 Å². The molecule has 2 aromatic carbocycles. The molecule has 0 saturated carbocycles. The average molecular weight is 512 g/mol. The quantitative estimate of drug-likeness (QED) is 0.224. The van der Waals surface area contributed by atoms with Gasteiger partial charge in [-0.2, -0.15) is 0 Å². The number of hydrogen-bond donors (Lipinski definition) is 2. The fourth-order valence-electron chi connectivity index (χ4n) is 4.29. The Morgan fingerprint density at radius 3 is 2.41 bits per heavy atom. The normalized spacial score (nSPS) is 15.6. The summed E-state index contributed by atoms with van der Waals surface area (Å²) in [6.45, 7) is 0.182. The lowest BCUT2D eigenvalue weighted by Gasteiger charge is -2.29. The molecule has 0 bridgehead atoms. The summed E-state index contributed by atoms with van der Waals surface area (Å²) in [4.78, 5) is 37.2. The summed E-state index contributed by atoms with van der Waals surface area (Å²) in [5.41, 5.74) is 3.76. The molecule has 0 saturated heterocycles. The molecule has 0 unspecified atom stereocenters. The summed E-state index contributed by atoms with van der Waals surface area (Å²) in [6, 6.07) is 22.1. The number of nitrogens with one attached hydrogen (secondary N) is 1. The highest BCUT2D eigenvalue weighted by Gasteiger charge is 2.36. The molecule has 3 heterocycles. The minimum Gasteiger partial charge on any atom is -0.410 e. The van der Waals surface area contributed by atoms with E-state index in [2.05, 4.69) is 20.4 Å². The van der Waals surface area contributed by atoms with Crippen molar-refractivity contribution in [2.24, 2.45) is 5.16 Å². The van der Waals surface area contributed by atoms with Crippen molar-refractivity contribution in [1.82, 2.24) is 14.9 Å². The molecule has 0 spiro atoms. The number of carbonyl (C=O) groups is 2. The highest BCUT2D eigenvalue weighted by molar-refractivity contribution is 6.31. The van der Waals surface area contributed by atoms with E-state index in [1.54, 1.807) is 65.8 Å². The van der Waals surface area contributed by atoms with Gasteiger partial charge in [-0.15, -0.1) is 0 Å². The second kappa shape index (κ2) is 10.6. The lowest BCUT2D eigenvalue weighted by Crippen LogP contribution is -2.46. The molecule has 9 heteroatoms. The average Bonchev–Trinajstić information content (AvgIpc) is 3.01. The zero-order valence-electron chi connectivity index (χ0n) is 19.6. The van der Waals surface area contributed by atoms with Crippen LogP contribution in [0.5, 0.6) is 0 Å². The van der Waals surface area contributed by atoms with Crippen LogP contribution in [0.4, 0.5) is 5.69 Å². The molecule has 8 nitrogen and oxygen atoms in total. The second-order valence-electron chi connectivity index (χ2n) is 8.51. The van der Waals surface area contributed by atoms with Gasteiger partial charge in [0.25, 0.3) is 5.91 Å². The number of fused-ring (bicyclic) bond motifs is 1. The first-order chi connectivity index (χ1) is 18.0. The van der Waals surface area contributed by atoms with Crippen LogP contribution in [-0.4, -0.2) is 43.6 Å². The number of aromatic nitrogens is 2. The number of nitrogens with zero attached hydrogens (tertiary/aromatic N) is 4. The van der Waals surface area contributed by atoms with Gasteiger partial charge in [-0.3, -0.25) is 19.6 Å². The molecule has 5 rings (SSSR count). The van der Waals surface area contributed by atoms with Gasteiger partial charge in [-0.25, -0.2) is 0 Å². The first kappa shape index (κ1) is 24.1. The third-order valence-electron chi connectivity index (χ3n) is 6.13. The van der Waals surface area contributed by atoms with Gasteiger partial charge in [-0.05, 0) is 48.0 Å². The summed E-state index contributed by atoms with van der Waals surface area (Å²) >= 11 is 6.14. The summed E-state index contributed by atoms with van der Waals surface area (Å²) in [5, 5.41) is 16.3. The fourth-order valence-corrected chi connectivity index (χ4v) is 4.46. The summed E-state index contributed by atoms with van der Waals surface area (Å²) in [7, 11) is 0. The van der Waals surface area contributed by atoms with E-state index < -0.39 is 6.04 Å². The summed E-state index contributed by atoms with van der Waals surface area (Å²) < 4.78 is 0. The maximum atomic E-state index is 13.7. The van der Waals surface area contributed by atoms with Crippen LogP contribution in [0.25, 0.3) is 0 Å². The Bertz CT molecular complexity index is 1460. The number of anilines is 1. The van der Waals surface area contributed by atoms with E-state index in [9.17, 15) is 14.8 Å². The van der Waals surface area contributed by atoms with Crippen LogP contribution in [0.1, 0.15) is 32.9 Å². The number of hydrogen-bond acceptors (Lipinski definition) is 6. The zero-order chi connectivity index (χ0) is 25.8. The number of halogens is 1. The van der Waals surface area contributed by atoms with Gasteiger partial charge in [0.2, 0.25) is 5.91 Å². The number of amides is 2. The Balaban J connectivity index is 1.47. The highest BCUT2D eigenvalue weighted by atomic mass is 35.5. The number of rotatable bonds is 6. The van der Waals surface area contributed by atoms with Crippen LogP contribution in [0, 0.1) is 0 Å². The Kier molecular flexibility index (Phi) is 6.91. The predicted molar refractivity (Wildman–Crippen MR) is 140 cm³/mol. The molecular weight excluding hydrogens is 490 g/mol. The van der Waals surface area contributed by atoms with Gasteiger partial charge in [0.1, 0.15) is 11.8 Å². The van der Waals surface area contributed by atoms with Crippen molar-refractivity contribution in [3.8, 4) is 0 Å². The third-order valence-corrected chi connectivity index (χ3v) is 6.36. The van der Waals surface area contributed by atoms with Gasteiger partial charge >= 0.3 is 0 Å². The van der Waals surface area contributed by atoms with Gasteiger partial charge in [-0.1, -0.05) is 53.2 Å². The molecule has 1 aliphatic heterocycles. The molecule has 2 N–H and O–H groups in total. The van der Waals surface area contributed by atoms with Crippen molar-refractivity contribution >= 4 is 34.8 Å². The van der Waals surface area contributed by atoms with Crippen LogP contribution in [-0.2, 0) is 17.8 Å². The topological polar surface area (TPSA) is 108 Å². The zero-order valence-corrected chi connectivity index (χ0v) is 20.3. The first-order valence-electron chi connectivity index (χ1n) is 11.6. The van der Waals surface area contributed by atoms with Gasteiger partial charge in [0.15, 0.2) is 0 Å². The van der Waals surface area contributed by atoms with Crippen LogP contribution in [0.15, 0.2) is 96.4 Å². The molecule has 184 valence electrons. The standard InChI is InChI=1S/C28H22ClN5O3/c29-20-11-12-22-24(15-20)32-27(35)25(16-21-5-1-3-13-30-21)34(28(22)36)17-18-7-9-19(10-8-18)26(33-37)23-6-2-4-14-31-23/h1-15,25,37H,16-17H2,(H,32,35)/b33-26-/t25-/m1/s1. The Hall–Kier alpha value is -4.56. The Labute approximate surface area is 218 Å². The first-order valence-corrected chi connectivity index (χ1v) is 12.0. The SMILES string of the molecule is O=C1Nc2cc(Cl)ccc2C(=O)N(Cc2ccc(/C(=N/O)c3ccccn3)cc2)[C@@H]1Cc1ccccn1. The Morgan fingerprint density at radius 2 is 1.73 bits per heavy atom. The van der Waals surface area contributed by atoms with Crippen molar-refractivity contribution < 1.29 is 14.8 Å². The van der Waals surface area contributed by atoms with E-state index in [0.29, 0.717) is 38.9 Å².